The van der Waals surface area contributed by atoms with Gasteiger partial charge in [-0.25, -0.2) is 4.79 Å². The minimum Gasteiger partial charge on any atom is -0.477 e. The van der Waals surface area contributed by atoms with E-state index in [9.17, 15) is 19.3 Å². The molecule has 1 aromatic rings. The average Bonchev–Trinajstić information content (AvgIpc) is 3.08. The van der Waals surface area contributed by atoms with Crippen LogP contribution in [0.25, 0.3) is 0 Å². The zero-order valence-electron chi connectivity index (χ0n) is 20.8. The van der Waals surface area contributed by atoms with Gasteiger partial charge in [0, 0.05) is 23.5 Å². The molecule has 0 bridgehead atoms. The van der Waals surface area contributed by atoms with Crippen LogP contribution in [0.2, 0.25) is 0 Å². The van der Waals surface area contributed by atoms with Gasteiger partial charge in [0.25, 0.3) is 0 Å². The van der Waals surface area contributed by atoms with Crippen molar-refractivity contribution < 1.29 is 19.3 Å². The molecule has 0 aromatic carbocycles. The summed E-state index contributed by atoms with van der Waals surface area (Å²) in [5.74, 6) is 6.23. The standard InChI is InChI=1S/C26H38NO4PS/c1-17-7-9-19(10-8-17)24(28)27(20-13-18(14-20)16-32(5,6)31)22-15-21(11-12-26(2,3)4)33-23(22)25(29)30/h15,17-20H,7-10,13-14,16H2,1-6H3,(H,29,30)/t17-,18-,19-,20+. The highest BCUT2D eigenvalue weighted by molar-refractivity contribution is 7.62. The Bertz CT molecular complexity index is 992. The Morgan fingerprint density at radius 2 is 1.79 bits per heavy atom. The number of rotatable bonds is 6. The van der Waals surface area contributed by atoms with Crippen LogP contribution in [0.4, 0.5) is 5.69 Å². The first-order valence-corrected chi connectivity index (χ1v) is 15.6. The lowest BCUT2D eigenvalue weighted by molar-refractivity contribution is -0.124. The summed E-state index contributed by atoms with van der Waals surface area (Å²) in [6, 6.07) is 1.76. The van der Waals surface area contributed by atoms with Crippen molar-refractivity contribution >= 4 is 36.0 Å². The molecule has 0 radical (unpaired) electrons. The molecule has 7 heteroatoms. The van der Waals surface area contributed by atoms with Crippen LogP contribution in [0.15, 0.2) is 6.07 Å². The second-order valence-electron chi connectivity index (χ2n) is 11.5. The maximum atomic E-state index is 13.8. The van der Waals surface area contributed by atoms with Crippen molar-refractivity contribution in [3.63, 3.8) is 0 Å². The normalized spacial score (nSPS) is 25.5. The second-order valence-corrected chi connectivity index (χ2v) is 16.1. The third kappa shape index (κ3) is 6.96. The number of hydrogen-bond donors (Lipinski definition) is 1. The van der Waals surface area contributed by atoms with Crippen LogP contribution >= 0.6 is 18.5 Å². The maximum absolute atomic E-state index is 13.8. The van der Waals surface area contributed by atoms with Crippen molar-refractivity contribution in [3.05, 3.63) is 15.8 Å². The van der Waals surface area contributed by atoms with Crippen LogP contribution < -0.4 is 4.90 Å². The average molecular weight is 492 g/mol. The fraction of sp³-hybridized carbons (Fsp3) is 0.692. The Kier molecular flexibility index (Phi) is 7.86. The van der Waals surface area contributed by atoms with Gasteiger partial charge in [0.15, 0.2) is 0 Å². The van der Waals surface area contributed by atoms with Crippen LogP contribution in [0.5, 0.6) is 0 Å². The highest BCUT2D eigenvalue weighted by atomic mass is 32.1. The topological polar surface area (TPSA) is 74.7 Å². The minimum atomic E-state index is -2.13. The Hall–Kier alpha value is -1.57. The third-order valence-corrected chi connectivity index (χ3v) is 9.03. The van der Waals surface area contributed by atoms with E-state index in [-0.39, 0.29) is 28.2 Å². The molecule has 2 saturated carbocycles. The van der Waals surface area contributed by atoms with Gasteiger partial charge in [0.2, 0.25) is 5.91 Å². The van der Waals surface area contributed by atoms with Gasteiger partial charge in [-0.2, -0.15) is 0 Å². The third-order valence-electron chi connectivity index (χ3n) is 6.60. The first-order valence-electron chi connectivity index (χ1n) is 12.0. The van der Waals surface area contributed by atoms with Gasteiger partial charge in [-0.3, -0.25) is 4.79 Å². The number of amides is 1. The quantitative estimate of drug-likeness (QED) is 0.369. The SMILES string of the molecule is CC(C)(C)C#Cc1cc(N(C(=O)[C@H]2CC[C@H](C)CC2)[C@H]2C[C@@H](CP(C)(C)=O)C2)c(C(=O)O)s1. The summed E-state index contributed by atoms with van der Waals surface area (Å²) >= 11 is 1.15. The number of thiophene rings is 1. The van der Waals surface area contributed by atoms with E-state index < -0.39 is 13.1 Å². The lowest BCUT2D eigenvalue weighted by Gasteiger charge is -2.45. The van der Waals surface area contributed by atoms with Crippen LogP contribution in [-0.4, -0.2) is 42.5 Å². The van der Waals surface area contributed by atoms with Crippen molar-refractivity contribution in [2.45, 2.75) is 72.3 Å². The number of aromatic carboxylic acids is 1. The fourth-order valence-electron chi connectivity index (χ4n) is 4.91. The van der Waals surface area contributed by atoms with Crippen molar-refractivity contribution in [3.8, 4) is 11.8 Å². The molecular formula is C26H38NO4PS. The molecule has 33 heavy (non-hydrogen) atoms. The highest BCUT2D eigenvalue weighted by Gasteiger charge is 2.42. The van der Waals surface area contributed by atoms with E-state index in [0.717, 1.165) is 49.9 Å². The van der Waals surface area contributed by atoms with Gasteiger partial charge >= 0.3 is 5.97 Å². The molecule has 2 aliphatic carbocycles. The van der Waals surface area contributed by atoms with Crippen LogP contribution in [0.1, 0.15) is 80.8 Å². The first-order chi connectivity index (χ1) is 15.2. The van der Waals surface area contributed by atoms with Gasteiger partial charge in [-0.1, -0.05) is 18.8 Å². The summed E-state index contributed by atoms with van der Waals surface area (Å²) in [7, 11) is -2.13. The molecule has 0 saturated heterocycles. The zero-order chi connectivity index (χ0) is 24.6. The monoisotopic (exact) mass is 491 g/mol. The number of carboxylic acids is 1. The van der Waals surface area contributed by atoms with Gasteiger partial charge in [0.05, 0.1) is 17.7 Å². The summed E-state index contributed by atoms with van der Waals surface area (Å²) in [4.78, 5) is 28.6. The molecule has 1 N–H and O–H groups in total. The summed E-state index contributed by atoms with van der Waals surface area (Å²) in [6.07, 6.45) is 6.01. The molecule has 0 aliphatic heterocycles. The molecule has 1 amide bonds. The predicted octanol–water partition coefficient (Wildman–Crippen LogP) is 6.40. The van der Waals surface area contributed by atoms with Gasteiger partial charge in [0.1, 0.15) is 4.88 Å². The van der Waals surface area contributed by atoms with Gasteiger partial charge < -0.3 is 14.6 Å². The first kappa shape index (κ1) is 26.0. The van der Waals surface area contributed by atoms with Crippen LogP contribution in [-0.2, 0) is 9.36 Å². The maximum Gasteiger partial charge on any atom is 0.348 e. The van der Waals surface area contributed by atoms with E-state index in [1.807, 2.05) is 34.1 Å². The molecule has 2 aliphatic rings. The van der Waals surface area contributed by atoms with E-state index in [2.05, 4.69) is 18.8 Å². The Balaban J connectivity index is 1.94. The van der Waals surface area contributed by atoms with E-state index in [0.29, 0.717) is 28.6 Å². The fourth-order valence-corrected chi connectivity index (χ4v) is 7.29. The Morgan fingerprint density at radius 3 is 2.30 bits per heavy atom. The number of carboxylic acid groups (broad SMARTS) is 1. The molecule has 2 fully saturated rings. The van der Waals surface area contributed by atoms with E-state index >= 15 is 0 Å². The second kappa shape index (κ2) is 9.96. The van der Waals surface area contributed by atoms with Crippen molar-refractivity contribution in [2.75, 3.05) is 24.4 Å². The van der Waals surface area contributed by atoms with E-state index in [1.165, 1.54) is 0 Å². The van der Waals surface area contributed by atoms with E-state index in [4.69, 9.17) is 0 Å². The number of nitrogens with zero attached hydrogens (tertiary/aromatic N) is 1. The van der Waals surface area contributed by atoms with Gasteiger partial charge in [-0.15, -0.1) is 11.3 Å². The summed E-state index contributed by atoms with van der Waals surface area (Å²) in [5.41, 5.74) is 0.297. The Morgan fingerprint density at radius 1 is 1.18 bits per heavy atom. The number of anilines is 1. The molecule has 3 rings (SSSR count). The van der Waals surface area contributed by atoms with E-state index in [1.54, 1.807) is 11.0 Å². The molecule has 0 atom stereocenters. The molecule has 182 valence electrons. The molecular weight excluding hydrogens is 453 g/mol. The summed E-state index contributed by atoms with van der Waals surface area (Å²) < 4.78 is 12.3. The highest BCUT2D eigenvalue weighted by Crippen LogP contribution is 2.47. The molecule has 0 unspecified atom stereocenters. The van der Waals surface area contributed by atoms with Crippen LogP contribution in [0, 0.1) is 35.0 Å². The predicted molar refractivity (Wildman–Crippen MR) is 137 cm³/mol. The number of carbonyl (C=O) groups is 2. The molecule has 1 heterocycles. The number of carbonyl (C=O) groups excluding carboxylic acids is 1. The Labute approximate surface area is 202 Å². The largest absolute Gasteiger partial charge is 0.477 e. The minimum absolute atomic E-state index is 0.0375. The zero-order valence-corrected chi connectivity index (χ0v) is 22.5. The molecule has 5 nitrogen and oxygen atoms in total. The summed E-state index contributed by atoms with van der Waals surface area (Å²) in [6.45, 7) is 11.9. The van der Waals surface area contributed by atoms with Crippen LogP contribution in [0.3, 0.4) is 0 Å². The summed E-state index contributed by atoms with van der Waals surface area (Å²) in [5, 5.41) is 9.95. The van der Waals surface area contributed by atoms with Gasteiger partial charge in [-0.05, 0) is 90.5 Å². The molecule has 1 aromatic heterocycles. The number of hydrogen-bond acceptors (Lipinski definition) is 4. The lowest BCUT2D eigenvalue weighted by atomic mass is 9.78. The van der Waals surface area contributed by atoms with Crippen molar-refractivity contribution in [1.82, 2.24) is 0 Å². The van der Waals surface area contributed by atoms with Crippen molar-refractivity contribution in [1.29, 1.82) is 0 Å². The van der Waals surface area contributed by atoms with Crippen molar-refractivity contribution in [2.24, 2.45) is 23.2 Å². The molecule has 0 spiro atoms. The lowest BCUT2D eigenvalue weighted by Crippen LogP contribution is -2.51. The smallest absolute Gasteiger partial charge is 0.348 e.